The molecule has 1 aliphatic rings. The van der Waals surface area contributed by atoms with Crippen LogP contribution in [0.1, 0.15) is 39.6 Å². The molecule has 238 valence electrons. The van der Waals surface area contributed by atoms with Crippen LogP contribution in [0.25, 0.3) is 16.4 Å². The zero-order chi connectivity index (χ0) is 32.2. The van der Waals surface area contributed by atoms with Crippen molar-refractivity contribution in [2.45, 2.75) is 39.3 Å². The molecule has 46 heavy (non-hydrogen) atoms. The Morgan fingerprint density at radius 3 is 2.76 bits per heavy atom. The van der Waals surface area contributed by atoms with Gasteiger partial charge in [-0.15, -0.1) is 11.3 Å². The number of hydrogen-bond acceptors (Lipinski definition) is 9. The molecule has 3 amide bonds. The zero-order valence-electron chi connectivity index (χ0n) is 25.7. The summed E-state index contributed by atoms with van der Waals surface area (Å²) in [7, 11) is 1.56. The number of nitrogens with one attached hydrogen (secondary N) is 2. The highest BCUT2D eigenvalue weighted by Crippen LogP contribution is 2.33. The van der Waals surface area contributed by atoms with Crippen molar-refractivity contribution in [3.8, 4) is 23.0 Å². The molecule has 0 saturated heterocycles. The van der Waals surface area contributed by atoms with Gasteiger partial charge in [-0.2, -0.15) is 0 Å². The number of thiazole rings is 1. The van der Waals surface area contributed by atoms with Gasteiger partial charge in [0.25, 0.3) is 5.91 Å². The van der Waals surface area contributed by atoms with Crippen molar-refractivity contribution in [1.82, 2.24) is 29.9 Å². The monoisotopic (exact) mass is 642 g/mol. The average Bonchev–Trinajstić information content (AvgIpc) is 3.74. The van der Waals surface area contributed by atoms with Crippen molar-refractivity contribution in [1.29, 1.82) is 0 Å². The predicted octanol–water partition coefficient (Wildman–Crippen LogP) is 3.94. The van der Waals surface area contributed by atoms with E-state index in [0.29, 0.717) is 57.2 Å². The summed E-state index contributed by atoms with van der Waals surface area (Å²) in [5, 5.41) is 7.64. The molecule has 5 aromatic rings. The van der Waals surface area contributed by atoms with Gasteiger partial charge in [-0.05, 0) is 44.0 Å². The number of imidazole rings is 1. The molecule has 0 spiro atoms. The lowest BCUT2D eigenvalue weighted by molar-refractivity contribution is -0.129. The maximum atomic E-state index is 14.0. The number of amides is 3. The summed E-state index contributed by atoms with van der Waals surface area (Å²) in [6.45, 7) is 3.83. The van der Waals surface area contributed by atoms with Crippen LogP contribution in [0.15, 0.2) is 64.5 Å². The van der Waals surface area contributed by atoms with Gasteiger partial charge in [0.05, 0.1) is 32.5 Å². The van der Waals surface area contributed by atoms with Crippen molar-refractivity contribution in [2.24, 2.45) is 0 Å². The molecule has 3 aromatic heterocycles. The largest absolute Gasteiger partial charge is 0.493 e. The van der Waals surface area contributed by atoms with Crippen molar-refractivity contribution in [3.63, 3.8) is 0 Å². The summed E-state index contributed by atoms with van der Waals surface area (Å²) in [5.41, 5.74) is 3.07. The quantitative estimate of drug-likeness (QED) is 0.301. The Balaban J connectivity index is 1.33. The fraction of sp³-hybridized carbons (Fsp3) is 0.303. The summed E-state index contributed by atoms with van der Waals surface area (Å²) in [6, 6.07) is 13.9. The predicted molar refractivity (Wildman–Crippen MR) is 171 cm³/mol. The number of carbonyl (C=O) groups is 3. The average molecular weight is 643 g/mol. The lowest BCUT2D eigenvalue weighted by atomic mass is 10.0. The number of carbonyl (C=O) groups excluding carboxylic acids is 3. The molecule has 2 aromatic carbocycles. The van der Waals surface area contributed by atoms with Crippen molar-refractivity contribution < 1.29 is 28.3 Å². The Kier molecular flexibility index (Phi) is 9.01. The molecule has 12 nitrogen and oxygen atoms in total. The highest BCUT2D eigenvalue weighted by molar-refractivity contribution is 7.15. The van der Waals surface area contributed by atoms with Gasteiger partial charge in [-0.1, -0.05) is 30.3 Å². The molecule has 1 aliphatic heterocycles. The Hall–Kier alpha value is -5.17. The number of methoxy groups -OCH3 is 1. The fourth-order valence-electron chi connectivity index (χ4n) is 5.40. The van der Waals surface area contributed by atoms with E-state index in [1.165, 1.54) is 16.2 Å². The number of aryl methyl sites for hydroxylation is 2. The van der Waals surface area contributed by atoms with E-state index in [0.717, 1.165) is 5.56 Å². The number of rotatable bonds is 4. The van der Waals surface area contributed by atoms with E-state index in [2.05, 4.69) is 20.6 Å². The highest BCUT2D eigenvalue weighted by Gasteiger charge is 2.28. The van der Waals surface area contributed by atoms with Crippen LogP contribution >= 0.6 is 11.3 Å². The minimum atomic E-state index is -0.898. The van der Waals surface area contributed by atoms with Gasteiger partial charge < -0.3 is 29.4 Å². The van der Waals surface area contributed by atoms with Crippen LogP contribution in [0.4, 0.5) is 0 Å². The smallest absolute Gasteiger partial charge is 0.273 e. The van der Waals surface area contributed by atoms with Crippen LogP contribution in [-0.2, 0) is 22.6 Å². The van der Waals surface area contributed by atoms with Crippen LogP contribution in [-0.4, -0.2) is 69.8 Å². The maximum Gasteiger partial charge on any atom is 0.273 e. The normalized spacial score (nSPS) is 16.2. The van der Waals surface area contributed by atoms with Crippen molar-refractivity contribution in [3.05, 3.63) is 88.5 Å². The SMILES string of the molecule is COc1ccc2cc1OCCCN(C(=O)c1c(C)nc3sccn13)CC(=O)N[C@H](Cc1ccccc1)C(=O)NCc1nc-2oc1C. The van der Waals surface area contributed by atoms with Gasteiger partial charge >= 0.3 is 0 Å². The first kappa shape index (κ1) is 30.8. The maximum absolute atomic E-state index is 14.0. The third-order valence-corrected chi connectivity index (χ3v) is 8.51. The third kappa shape index (κ3) is 6.59. The lowest BCUT2D eigenvalue weighted by Gasteiger charge is -2.24. The van der Waals surface area contributed by atoms with Gasteiger partial charge in [0, 0.05) is 30.1 Å². The summed E-state index contributed by atoms with van der Waals surface area (Å²) in [6.07, 6.45) is 2.46. The molecule has 13 heteroatoms. The Bertz CT molecular complexity index is 1880. The number of fused-ring (bicyclic) bond motifs is 6. The first-order valence-electron chi connectivity index (χ1n) is 14.9. The first-order valence-corrected chi connectivity index (χ1v) is 15.8. The molecule has 1 atom stereocenters. The van der Waals surface area contributed by atoms with E-state index in [-0.39, 0.29) is 44.5 Å². The van der Waals surface area contributed by atoms with E-state index < -0.39 is 11.9 Å². The lowest BCUT2D eigenvalue weighted by Crippen LogP contribution is -2.51. The zero-order valence-corrected chi connectivity index (χ0v) is 26.6. The van der Waals surface area contributed by atoms with Crippen LogP contribution in [0.2, 0.25) is 0 Å². The molecule has 0 saturated carbocycles. The number of hydrogen-bond donors (Lipinski definition) is 2. The van der Waals surface area contributed by atoms with Gasteiger partial charge in [-0.25, -0.2) is 9.97 Å². The van der Waals surface area contributed by atoms with E-state index in [4.69, 9.17) is 13.9 Å². The summed E-state index contributed by atoms with van der Waals surface area (Å²) < 4.78 is 19.3. The molecule has 2 N–H and O–H groups in total. The second kappa shape index (κ2) is 13.4. The molecule has 0 radical (unpaired) electrons. The summed E-state index contributed by atoms with van der Waals surface area (Å²) in [4.78, 5) is 52.4. The van der Waals surface area contributed by atoms with Crippen LogP contribution < -0.4 is 20.1 Å². The number of aromatic nitrogens is 3. The Labute approximate surface area is 269 Å². The number of oxazole rings is 1. The molecular formula is C33H34N6O6S. The van der Waals surface area contributed by atoms with E-state index in [1.54, 1.807) is 43.7 Å². The molecule has 0 unspecified atom stereocenters. The van der Waals surface area contributed by atoms with E-state index >= 15 is 0 Å². The molecule has 0 aliphatic carbocycles. The number of benzene rings is 2. The second-order valence-electron chi connectivity index (χ2n) is 10.9. The van der Waals surface area contributed by atoms with E-state index in [1.807, 2.05) is 41.8 Å². The minimum absolute atomic E-state index is 0.0938. The third-order valence-electron chi connectivity index (χ3n) is 7.76. The van der Waals surface area contributed by atoms with Gasteiger partial charge in [0.2, 0.25) is 17.7 Å². The first-order chi connectivity index (χ1) is 22.3. The van der Waals surface area contributed by atoms with Crippen LogP contribution in [0.5, 0.6) is 11.5 Å². The molecular weight excluding hydrogens is 608 g/mol. The molecule has 4 heterocycles. The minimum Gasteiger partial charge on any atom is -0.493 e. The van der Waals surface area contributed by atoms with E-state index in [9.17, 15) is 14.4 Å². The van der Waals surface area contributed by atoms with Gasteiger partial charge in [0.1, 0.15) is 23.2 Å². The number of ether oxygens (including phenoxy) is 2. The summed E-state index contributed by atoms with van der Waals surface area (Å²) >= 11 is 1.42. The molecule has 0 fully saturated rings. The van der Waals surface area contributed by atoms with Gasteiger partial charge in [-0.3, -0.25) is 18.8 Å². The van der Waals surface area contributed by atoms with Crippen molar-refractivity contribution >= 4 is 34.0 Å². The van der Waals surface area contributed by atoms with Gasteiger partial charge in [0.15, 0.2) is 16.5 Å². The highest BCUT2D eigenvalue weighted by atomic mass is 32.1. The van der Waals surface area contributed by atoms with Crippen molar-refractivity contribution in [2.75, 3.05) is 26.8 Å². The Morgan fingerprint density at radius 1 is 1.13 bits per heavy atom. The Morgan fingerprint density at radius 2 is 1.96 bits per heavy atom. The number of nitrogens with zero attached hydrogens (tertiary/aromatic N) is 4. The molecule has 4 bridgehead atoms. The standard InChI is InChI=1S/C33H34N6O6S/c1-20-29(39-13-15-46-33(39)35-20)32(42)38-12-7-14-44-27-17-23(10-11-26(27)43-3)31-37-25(21(2)45-31)18-34-30(41)24(36-28(40)19-38)16-22-8-5-4-6-9-22/h4-6,8-11,13,15,17,24H,7,12,14,16,18-19H2,1-3H3,(H,34,41)(H,36,40)/t24-/m1/s1. The fourth-order valence-corrected chi connectivity index (χ4v) is 6.16. The van der Waals surface area contributed by atoms with Crippen LogP contribution in [0.3, 0.4) is 0 Å². The molecule has 6 rings (SSSR count). The summed E-state index contributed by atoms with van der Waals surface area (Å²) in [5.74, 6) is 0.747. The topological polar surface area (TPSA) is 140 Å². The van der Waals surface area contributed by atoms with Crippen LogP contribution in [0, 0.1) is 13.8 Å². The second-order valence-corrected chi connectivity index (χ2v) is 11.8.